The SMILES string of the molecule is CN(Cc1ccccn1)S(=O)(=O)c1cnn(CC(=O)O)c1. The van der Waals surface area contributed by atoms with Gasteiger partial charge in [-0.05, 0) is 12.1 Å². The summed E-state index contributed by atoms with van der Waals surface area (Å²) in [7, 11) is -2.31. The van der Waals surface area contributed by atoms with Gasteiger partial charge in [0.2, 0.25) is 10.0 Å². The molecule has 0 saturated heterocycles. The fourth-order valence-electron chi connectivity index (χ4n) is 1.69. The fourth-order valence-corrected chi connectivity index (χ4v) is 2.78. The second-order valence-electron chi connectivity index (χ2n) is 4.35. The fraction of sp³-hybridized carbons (Fsp3) is 0.250. The third kappa shape index (κ3) is 3.64. The van der Waals surface area contributed by atoms with Crippen molar-refractivity contribution in [3.8, 4) is 0 Å². The molecule has 112 valence electrons. The zero-order chi connectivity index (χ0) is 15.5. The van der Waals surface area contributed by atoms with E-state index in [-0.39, 0.29) is 18.0 Å². The van der Waals surface area contributed by atoms with Crippen molar-refractivity contribution in [2.45, 2.75) is 18.0 Å². The van der Waals surface area contributed by atoms with Crippen LogP contribution in [0.25, 0.3) is 0 Å². The van der Waals surface area contributed by atoms with E-state index in [0.29, 0.717) is 5.69 Å². The summed E-state index contributed by atoms with van der Waals surface area (Å²) in [5.74, 6) is -1.09. The van der Waals surface area contributed by atoms with Crippen LogP contribution < -0.4 is 0 Å². The predicted octanol–water partition coefficient (Wildman–Crippen LogP) is 0.183. The van der Waals surface area contributed by atoms with Crippen molar-refractivity contribution in [3.63, 3.8) is 0 Å². The first kappa shape index (κ1) is 15.1. The molecule has 0 radical (unpaired) electrons. The van der Waals surface area contributed by atoms with E-state index in [0.717, 1.165) is 15.2 Å². The minimum Gasteiger partial charge on any atom is -0.480 e. The first-order valence-electron chi connectivity index (χ1n) is 6.00. The number of carboxylic acid groups (broad SMARTS) is 1. The summed E-state index contributed by atoms with van der Waals surface area (Å²) in [6.45, 7) is -0.271. The molecule has 0 fully saturated rings. The van der Waals surface area contributed by atoms with E-state index < -0.39 is 16.0 Å². The maximum absolute atomic E-state index is 12.3. The molecule has 2 aromatic heterocycles. The molecule has 0 aromatic carbocycles. The van der Waals surface area contributed by atoms with E-state index >= 15 is 0 Å². The van der Waals surface area contributed by atoms with Gasteiger partial charge >= 0.3 is 5.97 Å². The Morgan fingerprint density at radius 3 is 2.81 bits per heavy atom. The van der Waals surface area contributed by atoms with Crippen molar-refractivity contribution in [1.82, 2.24) is 19.1 Å². The van der Waals surface area contributed by atoms with Crippen molar-refractivity contribution in [2.75, 3.05) is 7.05 Å². The molecule has 0 saturated carbocycles. The number of pyridine rings is 1. The first-order chi connectivity index (χ1) is 9.89. The molecule has 0 aliphatic carbocycles. The summed E-state index contributed by atoms with van der Waals surface area (Å²) in [5, 5.41) is 12.4. The van der Waals surface area contributed by atoms with Gasteiger partial charge in [-0.25, -0.2) is 8.42 Å². The number of rotatable bonds is 6. The molecule has 2 aromatic rings. The Balaban J connectivity index is 2.17. The number of carboxylic acids is 1. The average Bonchev–Trinajstić information content (AvgIpc) is 2.88. The summed E-state index contributed by atoms with van der Waals surface area (Å²) in [5.41, 5.74) is 0.613. The summed E-state index contributed by atoms with van der Waals surface area (Å²) < 4.78 is 26.9. The monoisotopic (exact) mass is 310 g/mol. The molecule has 1 N–H and O–H groups in total. The zero-order valence-corrected chi connectivity index (χ0v) is 12.1. The number of carbonyl (C=O) groups is 1. The summed E-state index contributed by atoms with van der Waals surface area (Å²) >= 11 is 0. The molecule has 8 nitrogen and oxygen atoms in total. The van der Waals surface area contributed by atoms with Gasteiger partial charge in [-0.3, -0.25) is 14.5 Å². The maximum Gasteiger partial charge on any atom is 0.325 e. The lowest BCUT2D eigenvalue weighted by Crippen LogP contribution is -2.26. The van der Waals surface area contributed by atoms with Crippen molar-refractivity contribution in [2.24, 2.45) is 0 Å². The van der Waals surface area contributed by atoms with Crippen LogP contribution in [0.15, 0.2) is 41.7 Å². The molecule has 2 rings (SSSR count). The molecule has 0 amide bonds. The topological polar surface area (TPSA) is 105 Å². The molecule has 0 atom stereocenters. The van der Waals surface area contributed by atoms with Crippen LogP contribution in [0.2, 0.25) is 0 Å². The van der Waals surface area contributed by atoms with Gasteiger partial charge in [-0.2, -0.15) is 9.40 Å². The van der Waals surface area contributed by atoms with E-state index in [2.05, 4.69) is 10.1 Å². The van der Waals surface area contributed by atoms with Crippen LogP contribution in [-0.2, 0) is 27.9 Å². The van der Waals surface area contributed by atoms with E-state index in [1.165, 1.54) is 13.2 Å². The van der Waals surface area contributed by atoms with Gasteiger partial charge in [0.25, 0.3) is 0 Å². The Hall–Kier alpha value is -2.26. The number of aromatic nitrogens is 3. The highest BCUT2D eigenvalue weighted by molar-refractivity contribution is 7.89. The molecule has 0 aliphatic heterocycles. The largest absolute Gasteiger partial charge is 0.480 e. The quantitative estimate of drug-likeness (QED) is 0.816. The van der Waals surface area contributed by atoms with Crippen LogP contribution >= 0.6 is 0 Å². The van der Waals surface area contributed by atoms with Crippen LogP contribution in [0.1, 0.15) is 5.69 Å². The van der Waals surface area contributed by atoms with Gasteiger partial charge in [-0.15, -0.1) is 0 Å². The standard InChI is InChI=1S/C12H14N4O4S/c1-15(7-10-4-2-3-5-13-10)21(19,20)11-6-14-16(8-11)9-12(17)18/h2-6,8H,7,9H2,1H3,(H,17,18). The van der Waals surface area contributed by atoms with Crippen LogP contribution in [0.4, 0.5) is 0 Å². The molecule has 0 bridgehead atoms. The minimum absolute atomic E-state index is 0.0535. The third-order valence-corrected chi connectivity index (χ3v) is 4.48. The second kappa shape index (κ2) is 6.02. The smallest absolute Gasteiger partial charge is 0.325 e. The van der Waals surface area contributed by atoms with Crippen molar-refractivity contribution >= 4 is 16.0 Å². The van der Waals surface area contributed by atoms with Gasteiger partial charge in [0.15, 0.2) is 0 Å². The first-order valence-corrected chi connectivity index (χ1v) is 7.44. The molecule has 21 heavy (non-hydrogen) atoms. The second-order valence-corrected chi connectivity index (χ2v) is 6.39. The molecule has 0 spiro atoms. The van der Waals surface area contributed by atoms with Gasteiger partial charge in [0.05, 0.1) is 18.4 Å². The lowest BCUT2D eigenvalue weighted by Gasteiger charge is -2.15. The summed E-state index contributed by atoms with van der Waals surface area (Å²) in [4.78, 5) is 14.6. The molecule has 2 heterocycles. The molecular weight excluding hydrogens is 296 g/mol. The predicted molar refractivity (Wildman–Crippen MR) is 72.8 cm³/mol. The highest BCUT2D eigenvalue weighted by Gasteiger charge is 2.23. The van der Waals surface area contributed by atoms with Gasteiger partial charge in [-0.1, -0.05) is 6.07 Å². The van der Waals surface area contributed by atoms with Crippen LogP contribution in [0.5, 0.6) is 0 Å². The van der Waals surface area contributed by atoms with Crippen LogP contribution in [0.3, 0.4) is 0 Å². The Labute approximate surface area is 121 Å². The Kier molecular flexibility index (Phi) is 4.34. The van der Waals surface area contributed by atoms with E-state index in [4.69, 9.17) is 5.11 Å². The van der Waals surface area contributed by atoms with Crippen LogP contribution in [-0.4, -0.2) is 45.6 Å². The Morgan fingerprint density at radius 2 is 2.19 bits per heavy atom. The van der Waals surface area contributed by atoms with Crippen molar-refractivity contribution < 1.29 is 18.3 Å². The molecule has 9 heteroatoms. The zero-order valence-electron chi connectivity index (χ0n) is 11.2. The molecular formula is C12H14N4O4S. The normalized spacial score (nSPS) is 11.7. The Morgan fingerprint density at radius 1 is 1.43 bits per heavy atom. The van der Waals surface area contributed by atoms with Gasteiger partial charge < -0.3 is 5.11 Å². The molecule has 0 unspecified atom stereocenters. The van der Waals surface area contributed by atoms with Crippen molar-refractivity contribution in [3.05, 3.63) is 42.5 Å². The van der Waals surface area contributed by atoms with E-state index in [9.17, 15) is 13.2 Å². The molecule has 0 aliphatic rings. The number of nitrogens with zero attached hydrogens (tertiary/aromatic N) is 4. The lowest BCUT2D eigenvalue weighted by atomic mass is 10.3. The number of sulfonamides is 1. The number of aliphatic carboxylic acids is 1. The lowest BCUT2D eigenvalue weighted by molar-refractivity contribution is -0.137. The maximum atomic E-state index is 12.3. The number of hydrogen-bond acceptors (Lipinski definition) is 5. The van der Waals surface area contributed by atoms with E-state index in [1.54, 1.807) is 24.4 Å². The summed E-state index contributed by atoms with van der Waals surface area (Å²) in [6.07, 6.45) is 3.91. The Bertz CT molecular complexity index is 727. The average molecular weight is 310 g/mol. The highest BCUT2D eigenvalue weighted by Crippen LogP contribution is 2.15. The number of hydrogen-bond donors (Lipinski definition) is 1. The van der Waals surface area contributed by atoms with Gasteiger partial charge in [0, 0.05) is 19.4 Å². The van der Waals surface area contributed by atoms with Gasteiger partial charge in [0.1, 0.15) is 11.4 Å². The van der Waals surface area contributed by atoms with E-state index in [1.807, 2.05) is 0 Å². The minimum atomic E-state index is -3.74. The van der Waals surface area contributed by atoms with Crippen molar-refractivity contribution in [1.29, 1.82) is 0 Å². The summed E-state index contributed by atoms with van der Waals surface area (Å²) in [6, 6.07) is 5.24. The van der Waals surface area contributed by atoms with Crippen LogP contribution in [0, 0.1) is 0 Å². The third-order valence-electron chi connectivity index (χ3n) is 2.73. The highest BCUT2D eigenvalue weighted by atomic mass is 32.2.